The molecule has 0 aliphatic rings. The maximum Gasteiger partial charge on any atom is 0.303 e. The highest BCUT2D eigenvalue weighted by atomic mass is 35.5. The Morgan fingerprint density at radius 1 is 1.47 bits per heavy atom. The van der Waals surface area contributed by atoms with Gasteiger partial charge in [0.05, 0.1) is 4.92 Å². The van der Waals surface area contributed by atoms with E-state index in [1.54, 1.807) is 0 Å². The molecule has 0 saturated heterocycles. The normalized spacial score (nSPS) is 10.0. The maximum absolute atomic E-state index is 11.1. The molecule has 1 aromatic rings. The van der Waals surface area contributed by atoms with Gasteiger partial charge in [0.2, 0.25) is 5.91 Å². The van der Waals surface area contributed by atoms with Crippen LogP contribution in [0.2, 0.25) is 5.02 Å². The highest BCUT2D eigenvalue weighted by Crippen LogP contribution is 2.33. The van der Waals surface area contributed by atoms with Crippen molar-refractivity contribution in [2.24, 2.45) is 0 Å². The quantitative estimate of drug-likeness (QED) is 0.637. The van der Waals surface area contributed by atoms with Gasteiger partial charge in [-0.25, -0.2) is 0 Å². The number of benzene rings is 1. The minimum atomic E-state index is -1.04. The fourth-order valence-corrected chi connectivity index (χ4v) is 1.79. The van der Waals surface area contributed by atoms with Crippen LogP contribution in [0.4, 0.5) is 11.4 Å². The topological polar surface area (TPSA) is 110 Å². The molecule has 0 heterocycles. The summed E-state index contributed by atoms with van der Waals surface area (Å²) in [6.45, 7) is 1.21. The first kappa shape index (κ1) is 14.9. The van der Waals surface area contributed by atoms with E-state index in [-0.39, 0.29) is 29.2 Å². The van der Waals surface area contributed by atoms with Crippen molar-refractivity contribution in [3.8, 4) is 0 Å². The molecule has 8 heteroatoms. The van der Waals surface area contributed by atoms with Crippen LogP contribution in [-0.2, 0) is 16.0 Å². The van der Waals surface area contributed by atoms with Crippen LogP contribution in [-0.4, -0.2) is 21.9 Å². The van der Waals surface area contributed by atoms with Crippen molar-refractivity contribution in [2.45, 2.75) is 19.8 Å². The molecule has 7 nitrogen and oxygen atoms in total. The zero-order chi connectivity index (χ0) is 14.6. The second-order valence-electron chi connectivity index (χ2n) is 3.79. The summed E-state index contributed by atoms with van der Waals surface area (Å²) in [4.78, 5) is 31.9. The third-order valence-electron chi connectivity index (χ3n) is 2.27. The molecule has 0 saturated carbocycles. The van der Waals surface area contributed by atoms with Gasteiger partial charge in [-0.15, -0.1) is 0 Å². The standard InChI is InChI=1S/C11H11ClN2O5/c1-6(15)13-11-7(2-3-10(16)17)4-8(12)5-9(11)14(18)19/h4-5H,2-3H2,1H3,(H,13,15)(H,16,17). The molecule has 0 aliphatic heterocycles. The third-order valence-corrected chi connectivity index (χ3v) is 2.49. The zero-order valence-electron chi connectivity index (χ0n) is 9.97. The first-order valence-corrected chi connectivity index (χ1v) is 5.65. The summed E-state index contributed by atoms with van der Waals surface area (Å²) in [5.74, 6) is -1.53. The third kappa shape index (κ3) is 4.22. The molecular weight excluding hydrogens is 276 g/mol. The minimum Gasteiger partial charge on any atom is -0.481 e. The van der Waals surface area contributed by atoms with E-state index < -0.39 is 16.8 Å². The summed E-state index contributed by atoms with van der Waals surface area (Å²) >= 11 is 5.75. The lowest BCUT2D eigenvalue weighted by atomic mass is 10.1. The second kappa shape index (κ2) is 6.14. The Morgan fingerprint density at radius 2 is 2.11 bits per heavy atom. The van der Waals surface area contributed by atoms with Gasteiger partial charge < -0.3 is 10.4 Å². The first-order chi connectivity index (χ1) is 8.81. The number of aliphatic carboxylic acids is 1. The lowest BCUT2D eigenvalue weighted by Crippen LogP contribution is -2.11. The summed E-state index contributed by atoms with van der Waals surface area (Å²) in [5.41, 5.74) is -0.0527. The fourth-order valence-electron chi connectivity index (χ4n) is 1.55. The number of anilines is 1. The van der Waals surface area contributed by atoms with Gasteiger partial charge in [0, 0.05) is 24.4 Å². The molecule has 0 radical (unpaired) electrons. The Morgan fingerprint density at radius 3 is 2.58 bits per heavy atom. The van der Waals surface area contributed by atoms with Crippen LogP contribution in [0.1, 0.15) is 18.9 Å². The van der Waals surface area contributed by atoms with E-state index in [2.05, 4.69) is 5.32 Å². The highest BCUT2D eigenvalue weighted by Gasteiger charge is 2.20. The molecule has 0 aliphatic carbocycles. The van der Waals surface area contributed by atoms with Gasteiger partial charge in [-0.1, -0.05) is 11.6 Å². The van der Waals surface area contributed by atoms with Crippen LogP contribution in [0.5, 0.6) is 0 Å². The van der Waals surface area contributed by atoms with Crippen molar-refractivity contribution in [3.63, 3.8) is 0 Å². The Kier molecular flexibility index (Phi) is 4.82. The van der Waals surface area contributed by atoms with Crippen molar-refractivity contribution in [1.82, 2.24) is 0 Å². The number of carbonyl (C=O) groups excluding carboxylic acids is 1. The minimum absolute atomic E-state index is 0.0110. The van der Waals surface area contributed by atoms with Crippen LogP contribution >= 0.6 is 11.6 Å². The molecule has 2 N–H and O–H groups in total. The Balaban J connectivity index is 3.28. The average molecular weight is 287 g/mol. The molecule has 1 aromatic carbocycles. The molecule has 0 atom stereocenters. The monoisotopic (exact) mass is 286 g/mol. The molecule has 0 aromatic heterocycles. The van der Waals surface area contributed by atoms with E-state index in [0.717, 1.165) is 6.07 Å². The van der Waals surface area contributed by atoms with Gasteiger partial charge in [0.1, 0.15) is 5.69 Å². The van der Waals surface area contributed by atoms with Gasteiger partial charge in [-0.2, -0.15) is 0 Å². The Labute approximate surface area is 113 Å². The van der Waals surface area contributed by atoms with E-state index in [0.29, 0.717) is 5.56 Å². The predicted octanol–water partition coefficient (Wildman–Crippen LogP) is 2.22. The number of carboxylic acids is 1. The molecule has 1 rings (SSSR count). The molecule has 0 unspecified atom stereocenters. The number of nitro benzene ring substituents is 1. The molecule has 0 spiro atoms. The summed E-state index contributed by atoms with van der Waals surface area (Å²) in [6, 6.07) is 2.51. The van der Waals surface area contributed by atoms with Gasteiger partial charge in [-0.05, 0) is 18.1 Å². The van der Waals surface area contributed by atoms with Crippen molar-refractivity contribution in [3.05, 3.63) is 32.8 Å². The molecular formula is C11H11ClN2O5. The number of nitro groups is 1. The SMILES string of the molecule is CC(=O)Nc1c(CCC(=O)O)cc(Cl)cc1[N+](=O)[O-]. The summed E-state index contributed by atoms with van der Waals surface area (Å²) in [7, 11) is 0. The molecule has 0 bridgehead atoms. The number of aryl methyl sites for hydroxylation is 1. The van der Waals surface area contributed by atoms with E-state index in [9.17, 15) is 19.7 Å². The number of hydrogen-bond acceptors (Lipinski definition) is 4. The number of carboxylic acid groups (broad SMARTS) is 1. The molecule has 102 valence electrons. The Hall–Kier alpha value is -2.15. The summed E-state index contributed by atoms with van der Waals surface area (Å²) in [6.07, 6.45) is -0.184. The first-order valence-electron chi connectivity index (χ1n) is 5.27. The number of halogens is 1. The van der Waals surface area contributed by atoms with E-state index in [1.165, 1.54) is 13.0 Å². The Bertz CT molecular complexity index is 544. The van der Waals surface area contributed by atoms with Crippen molar-refractivity contribution < 1.29 is 19.6 Å². The number of nitrogens with zero attached hydrogens (tertiary/aromatic N) is 1. The lowest BCUT2D eigenvalue weighted by Gasteiger charge is -2.10. The van der Waals surface area contributed by atoms with E-state index in [1.807, 2.05) is 0 Å². The second-order valence-corrected chi connectivity index (χ2v) is 4.23. The van der Waals surface area contributed by atoms with Crippen LogP contribution in [0.15, 0.2) is 12.1 Å². The highest BCUT2D eigenvalue weighted by molar-refractivity contribution is 6.31. The molecule has 1 amide bonds. The van der Waals surface area contributed by atoms with Crippen LogP contribution < -0.4 is 5.32 Å². The largest absolute Gasteiger partial charge is 0.481 e. The number of carbonyl (C=O) groups is 2. The zero-order valence-corrected chi connectivity index (χ0v) is 10.7. The van der Waals surface area contributed by atoms with Gasteiger partial charge in [-0.3, -0.25) is 19.7 Å². The lowest BCUT2D eigenvalue weighted by molar-refractivity contribution is -0.384. The number of amides is 1. The van der Waals surface area contributed by atoms with Crippen molar-refractivity contribution >= 4 is 34.9 Å². The number of rotatable bonds is 5. The van der Waals surface area contributed by atoms with Crippen molar-refractivity contribution in [1.29, 1.82) is 0 Å². The summed E-state index contributed by atoms with van der Waals surface area (Å²) < 4.78 is 0. The summed E-state index contributed by atoms with van der Waals surface area (Å²) in [5, 5.41) is 22.0. The van der Waals surface area contributed by atoms with E-state index >= 15 is 0 Å². The van der Waals surface area contributed by atoms with Crippen molar-refractivity contribution in [2.75, 3.05) is 5.32 Å². The predicted molar refractivity (Wildman–Crippen MR) is 68.4 cm³/mol. The van der Waals surface area contributed by atoms with Gasteiger partial charge >= 0.3 is 5.97 Å². The van der Waals surface area contributed by atoms with Crippen LogP contribution in [0.25, 0.3) is 0 Å². The van der Waals surface area contributed by atoms with Gasteiger partial charge in [0.25, 0.3) is 5.69 Å². The van der Waals surface area contributed by atoms with Crippen LogP contribution in [0.3, 0.4) is 0 Å². The molecule has 19 heavy (non-hydrogen) atoms. The smallest absolute Gasteiger partial charge is 0.303 e. The van der Waals surface area contributed by atoms with E-state index in [4.69, 9.17) is 16.7 Å². The fraction of sp³-hybridized carbons (Fsp3) is 0.273. The molecule has 0 fully saturated rings. The number of hydrogen-bond donors (Lipinski definition) is 2. The van der Waals surface area contributed by atoms with Crippen LogP contribution in [0, 0.1) is 10.1 Å². The maximum atomic E-state index is 11.1. The number of nitrogens with one attached hydrogen (secondary N) is 1. The van der Waals surface area contributed by atoms with Gasteiger partial charge in [0.15, 0.2) is 0 Å². The average Bonchev–Trinajstić information content (AvgIpc) is 2.27.